The molecule has 0 fully saturated rings. The minimum Gasteiger partial charge on any atom is -0.261 e. The zero-order valence-electron chi connectivity index (χ0n) is 10.1. The van der Waals surface area contributed by atoms with Gasteiger partial charge in [0, 0.05) is 24.8 Å². The lowest BCUT2D eigenvalue weighted by Crippen LogP contribution is -1.85. The van der Waals surface area contributed by atoms with Crippen LogP contribution in [0, 0.1) is 27.7 Å². The second-order valence-electron chi connectivity index (χ2n) is 3.60. The van der Waals surface area contributed by atoms with Crippen LogP contribution in [-0.4, -0.2) is 19.9 Å². The maximum atomic E-state index is 4.11. The second-order valence-corrected chi connectivity index (χ2v) is 3.60. The Balaban J connectivity index is 0.000000160. The summed E-state index contributed by atoms with van der Waals surface area (Å²) in [7, 11) is 0. The van der Waals surface area contributed by atoms with Crippen molar-refractivity contribution >= 4 is 0 Å². The largest absolute Gasteiger partial charge is 0.261 e. The monoisotopic (exact) mass is 216 g/mol. The highest BCUT2D eigenvalue weighted by Gasteiger charge is 1.83. The van der Waals surface area contributed by atoms with Crippen LogP contribution >= 0.6 is 0 Å². The van der Waals surface area contributed by atoms with Gasteiger partial charge >= 0.3 is 0 Å². The smallest absolute Gasteiger partial charge is 0.0558 e. The molecule has 0 N–H and O–H groups in total. The predicted octanol–water partition coefficient (Wildman–Crippen LogP) is 2.19. The molecular formula is C12H16N4. The van der Waals surface area contributed by atoms with E-state index in [1.54, 1.807) is 24.8 Å². The van der Waals surface area contributed by atoms with Crippen molar-refractivity contribution in [1.82, 2.24) is 19.9 Å². The summed E-state index contributed by atoms with van der Waals surface area (Å²) in [5.74, 6) is 0. The fraction of sp³-hybridized carbons (Fsp3) is 0.333. The van der Waals surface area contributed by atoms with Gasteiger partial charge in [-0.1, -0.05) is 0 Å². The molecule has 4 heteroatoms. The molecule has 0 bridgehead atoms. The lowest BCUT2D eigenvalue weighted by Gasteiger charge is -1.89. The summed E-state index contributed by atoms with van der Waals surface area (Å²) in [6.07, 6.45) is 7.00. The first kappa shape index (κ1) is 12.2. The van der Waals surface area contributed by atoms with Crippen molar-refractivity contribution in [2.24, 2.45) is 0 Å². The Morgan fingerprint density at radius 2 is 1.06 bits per heavy atom. The third kappa shape index (κ3) is 4.59. The summed E-state index contributed by atoms with van der Waals surface area (Å²) in [5, 5.41) is 0. The quantitative estimate of drug-likeness (QED) is 0.677. The van der Waals surface area contributed by atoms with Crippen molar-refractivity contribution < 1.29 is 0 Å². The zero-order chi connectivity index (χ0) is 12.0. The molecule has 2 rings (SSSR count). The van der Waals surface area contributed by atoms with E-state index in [2.05, 4.69) is 19.9 Å². The van der Waals surface area contributed by atoms with Gasteiger partial charge in [-0.05, 0) is 27.7 Å². The van der Waals surface area contributed by atoms with Crippen LogP contribution in [0.4, 0.5) is 0 Å². The average molecular weight is 216 g/mol. The zero-order valence-corrected chi connectivity index (χ0v) is 10.1. The molecule has 0 aliphatic heterocycles. The number of hydrogen-bond acceptors (Lipinski definition) is 4. The lowest BCUT2D eigenvalue weighted by atomic mass is 10.4. The van der Waals surface area contributed by atoms with Gasteiger partial charge in [-0.3, -0.25) is 19.9 Å². The van der Waals surface area contributed by atoms with Crippen LogP contribution in [0.2, 0.25) is 0 Å². The fourth-order valence-corrected chi connectivity index (χ4v) is 1.05. The molecule has 4 nitrogen and oxygen atoms in total. The van der Waals surface area contributed by atoms with Crippen LogP contribution in [-0.2, 0) is 0 Å². The highest BCUT2D eigenvalue weighted by Crippen LogP contribution is 1.90. The number of nitrogens with zero attached hydrogens (tertiary/aromatic N) is 4. The molecule has 0 radical (unpaired) electrons. The van der Waals surface area contributed by atoms with Crippen LogP contribution in [0.5, 0.6) is 0 Å². The van der Waals surface area contributed by atoms with Gasteiger partial charge in [-0.15, -0.1) is 0 Å². The van der Waals surface area contributed by atoms with E-state index in [4.69, 9.17) is 0 Å². The van der Waals surface area contributed by atoms with Crippen molar-refractivity contribution in [1.29, 1.82) is 0 Å². The number of rotatable bonds is 0. The predicted molar refractivity (Wildman–Crippen MR) is 63.0 cm³/mol. The summed E-state index contributed by atoms with van der Waals surface area (Å²) in [6, 6.07) is 0. The Morgan fingerprint density at radius 1 is 0.625 bits per heavy atom. The molecule has 0 atom stereocenters. The van der Waals surface area contributed by atoms with Gasteiger partial charge < -0.3 is 0 Å². The van der Waals surface area contributed by atoms with Crippen molar-refractivity contribution in [2.45, 2.75) is 27.7 Å². The SMILES string of the molecule is Cc1cnc(C)cn1.Cc1cncc(C)n1. The first-order valence-corrected chi connectivity index (χ1v) is 5.08. The second kappa shape index (κ2) is 5.90. The highest BCUT2D eigenvalue weighted by molar-refractivity contribution is 4.98. The van der Waals surface area contributed by atoms with E-state index in [-0.39, 0.29) is 0 Å². The molecule has 0 saturated carbocycles. The van der Waals surface area contributed by atoms with E-state index in [0.717, 1.165) is 22.8 Å². The maximum absolute atomic E-state index is 4.11. The van der Waals surface area contributed by atoms with Crippen molar-refractivity contribution in [3.05, 3.63) is 47.6 Å². The molecule has 0 saturated heterocycles. The molecule has 0 spiro atoms. The summed E-state index contributed by atoms with van der Waals surface area (Å²) in [4.78, 5) is 16.1. The summed E-state index contributed by atoms with van der Waals surface area (Å²) < 4.78 is 0. The minimum absolute atomic E-state index is 0.968. The maximum Gasteiger partial charge on any atom is 0.0558 e. The van der Waals surface area contributed by atoms with E-state index >= 15 is 0 Å². The molecule has 2 aromatic heterocycles. The third-order valence-corrected chi connectivity index (χ3v) is 1.79. The van der Waals surface area contributed by atoms with Crippen LogP contribution < -0.4 is 0 Å². The van der Waals surface area contributed by atoms with E-state index in [1.807, 2.05) is 27.7 Å². The first-order valence-electron chi connectivity index (χ1n) is 5.08. The Bertz CT molecular complexity index is 399. The lowest BCUT2D eigenvalue weighted by molar-refractivity contribution is 1.05. The van der Waals surface area contributed by atoms with Crippen molar-refractivity contribution in [3.8, 4) is 0 Å². The molecule has 0 aliphatic carbocycles. The standard InChI is InChI=1S/2C6H8N2/c1-5-3-8-6(2)4-7-5;1-5-3-7-4-6(2)8-5/h2*3-4H,1-2H3. The molecular weight excluding hydrogens is 200 g/mol. The summed E-state index contributed by atoms with van der Waals surface area (Å²) in [5.41, 5.74) is 3.89. The number of aromatic nitrogens is 4. The average Bonchev–Trinajstić information content (AvgIpc) is 2.23. The Hall–Kier alpha value is -1.84. The molecule has 0 amide bonds. The van der Waals surface area contributed by atoms with Crippen molar-refractivity contribution in [3.63, 3.8) is 0 Å². The normalized spacial score (nSPS) is 9.25. The number of hydrogen-bond donors (Lipinski definition) is 0. The molecule has 2 aromatic rings. The molecule has 0 aromatic carbocycles. The van der Waals surface area contributed by atoms with Crippen molar-refractivity contribution in [2.75, 3.05) is 0 Å². The van der Waals surface area contributed by atoms with Gasteiger partial charge in [-0.2, -0.15) is 0 Å². The first-order chi connectivity index (χ1) is 7.58. The van der Waals surface area contributed by atoms with Gasteiger partial charge in [0.05, 0.1) is 22.8 Å². The van der Waals surface area contributed by atoms with Crippen LogP contribution in [0.3, 0.4) is 0 Å². The Kier molecular flexibility index (Phi) is 4.51. The van der Waals surface area contributed by atoms with E-state index in [1.165, 1.54) is 0 Å². The van der Waals surface area contributed by atoms with E-state index in [0.29, 0.717) is 0 Å². The molecule has 2 heterocycles. The highest BCUT2D eigenvalue weighted by atomic mass is 14.8. The van der Waals surface area contributed by atoms with E-state index < -0.39 is 0 Å². The topological polar surface area (TPSA) is 51.6 Å². The third-order valence-electron chi connectivity index (χ3n) is 1.79. The molecule has 84 valence electrons. The van der Waals surface area contributed by atoms with Crippen LogP contribution in [0.15, 0.2) is 24.8 Å². The van der Waals surface area contributed by atoms with Crippen LogP contribution in [0.25, 0.3) is 0 Å². The summed E-state index contributed by atoms with van der Waals surface area (Å²) >= 11 is 0. The van der Waals surface area contributed by atoms with E-state index in [9.17, 15) is 0 Å². The van der Waals surface area contributed by atoms with Crippen LogP contribution in [0.1, 0.15) is 22.8 Å². The van der Waals surface area contributed by atoms with Gasteiger partial charge in [-0.25, -0.2) is 0 Å². The van der Waals surface area contributed by atoms with Gasteiger partial charge in [0.2, 0.25) is 0 Å². The molecule has 0 unspecified atom stereocenters. The van der Waals surface area contributed by atoms with Gasteiger partial charge in [0.15, 0.2) is 0 Å². The summed E-state index contributed by atoms with van der Waals surface area (Å²) in [6.45, 7) is 7.71. The Labute approximate surface area is 95.8 Å². The Morgan fingerprint density at radius 3 is 1.31 bits per heavy atom. The molecule has 0 aliphatic rings. The number of aryl methyl sites for hydroxylation is 4. The molecule has 16 heavy (non-hydrogen) atoms. The van der Waals surface area contributed by atoms with Gasteiger partial charge in [0.1, 0.15) is 0 Å². The fourth-order valence-electron chi connectivity index (χ4n) is 1.05. The van der Waals surface area contributed by atoms with Gasteiger partial charge in [0.25, 0.3) is 0 Å². The minimum atomic E-state index is 0.968.